The average molecular weight is 343 g/mol. The Hall–Kier alpha value is -0.610. The van der Waals surface area contributed by atoms with E-state index in [0.717, 1.165) is 24.7 Å². The van der Waals surface area contributed by atoms with Gasteiger partial charge in [0.15, 0.2) is 0 Å². The van der Waals surface area contributed by atoms with E-state index in [0.29, 0.717) is 6.42 Å². The first-order valence-corrected chi connectivity index (χ1v) is 10.1. The Kier molecular flexibility index (Phi) is 12.2. The Balaban J connectivity index is 1.81. The Morgan fingerprint density at radius 2 is 1.58 bits per heavy atom. The molecule has 0 aliphatic heterocycles. The topological polar surface area (TPSA) is 66.8 Å². The predicted octanol–water partition coefficient (Wildman–Crippen LogP) is 4.22. The van der Waals surface area contributed by atoms with Gasteiger partial charge in [-0.05, 0) is 24.7 Å². The normalized spacial score (nSPS) is 20.8. The van der Waals surface area contributed by atoms with Crippen LogP contribution in [0, 0.1) is 11.8 Å². The van der Waals surface area contributed by atoms with Crippen molar-refractivity contribution in [1.82, 2.24) is 0 Å². The molecule has 0 amide bonds. The zero-order valence-corrected chi connectivity index (χ0v) is 15.5. The Bertz CT molecular complexity index is 319. The third-order valence-corrected chi connectivity index (χ3v) is 5.10. The molecule has 142 valence electrons. The number of aliphatic hydroxyl groups excluding tert-OH is 2. The Labute approximate surface area is 148 Å². The van der Waals surface area contributed by atoms with E-state index in [1.165, 1.54) is 64.2 Å². The van der Waals surface area contributed by atoms with Crippen LogP contribution in [-0.2, 0) is 9.53 Å². The molecule has 1 rings (SSSR count). The maximum absolute atomic E-state index is 11.4. The van der Waals surface area contributed by atoms with E-state index in [4.69, 9.17) is 14.9 Å². The second-order valence-electron chi connectivity index (χ2n) is 7.43. The summed E-state index contributed by atoms with van der Waals surface area (Å²) in [6.45, 7) is 1.80. The largest absolute Gasteiger partial charge is 0.463 e. The highest BCUT2D eigenvalue weighted by Gasteiger charge is 2.34. The molecule has 0 saturated heterocycles. The molecule has 1 fully saturated rings. The number of carbonyl (C=O) groups is 1. The number of hydrogen-bond donors (Lipinski definition) is 2. The molecule has 4 nitrogen and oxygen atoms in total. The molecule has 0 spiro atoms. The molecule has 0 heterocycles. The lowest BCUT2D eigenvalue weighted by molar-refractivity contribution is -0.147. The molecule has 4 heteroatoms. The van der Waals surface area contributed by atoms with Crippen molar-refractivity contribution in [1.29, 1.82) is 0 Å². The number of esters is 1. The van der Waals surface area contributed by atoms with Gasteiger partial charge in [-0.2, -0.15) is 0 Å². The number of unbranched alkanes of at least 4 members (excludes halogenated alkanes) is 7. The average Bonchev–Trinajstić information content (AvgIpc) is 3.34. The minimum atomic E-state index is -0.952. The summed E-state index contributed by atoms with van der Waals surface area (Å²) in [6, 6.07) is 0. The molecule has 0 aromatic heterocycles. The van der Waals surface area contributed by atoms with Gasteiger partial charge < -0.3 is 14.9 Å². The Morgan fingerprint density at radius 3 is 2.21 bits per heavy atom. The minimum Gasteiger partial charge on any atom is -0.463 e. The van der Waals surface area contributed by atoms with Crippen LogP contribution >= 0.6 is 0 Å². The van der Waals surface area contributed by atoms with E-state index in [-0.39, 0.29) is 19.2 Å². The van der Waals surface area contributed by atoms with Gasteiger partial charge in [0, 0.05) is 6.42 Å². The van der Waals surface area contributed by atoms with Crippen LogP contribution in [0.4, 0.5) is 0 Å². The number of hydrogen-bond acceptors (Lipinski definition) is 4. The molecule has 24 heavy (non-hydrogen) atoms. The van der Waals surface area contributed by atoms with E-state index in [1.54, 1.807) is 0 Å². The van der Waals surface area contributed by atoms with Crippen molar-refractivity contribution in [3.8, 4) is 0 Å². The molecule has 0 aromatic rings. The van der Waals surface area contributed by atoms with Crippen molar-refractivity contribution in [3.05, 3.63) is 0 Å². The van der Waals surface area contributed by atoms with Gasteiger partial charge in [-0.15, -0.1) is 0 Å². The fourth-order valence-electron chi connectivity index (χ4n) is 3.37. The molecule has 1 saturated carbocycles. The maximum Gasteiger partial charge on any atom is 0.305 e. The highest BCUT2D eigenvalue weighted by atomic mass is 16.5. The van der Waals surface area contributed by atoms with Crippen molar-refractivity contribution in [3.63, 3.8) is 0 Å². The van der Waals surface area contributed by atoms with Gasteiger partial charge in [-0.1, -0.05) is 71.1 Å². The van der Waals surface area contributed by atoms with Crippen molar-refractivity contribution in [2.45, 2.75) is 96.5 Å². The van der Waals surface area contributed by atoms with Crippen LogP contribution in [-0.4, -0.2) is 35.5 Å². The van der Waals surface area contributed by atoms with Gasteiger partial charge in [0.25, 0.3) is 0 Å². The third kappa shape index (κ3) is 11.0. The SMILES string of the molecule is CCCCCC[C@@H]1C[C@@H]1CCCCCCCC(=O)OC[C@@H](O)CO. The molecule has 1 aliphatic carbocycles. The summed E-state index contributed by atoms with van der Waals surface area (Å²) in [4.78, 5) is 11.4. The molecule has 1 aliphatic rings. The van der Waals surface area contributed by atoms with E-state index in [2.05, 4.69) is 6.92 Å². The summed E-state index contributed by atoms with van der Waals surface area (Å²) in [7, 11) is 0. The summed E-state index contributed by atoms with van der Waals surface area (Å²) < 4.78 is 4.87. The lowest BCUT2D eigenvalue weighted by Crippen LogP contribution is -2.21. The van der Waals surface area contributed by atoms with Crippen molar-refractivity contribution in [2.75, 3.05) is 13.2 Å². The number of ether oxygens (including phenoxy) is 1. The standard InChI is InChI=1S/C20H38O4/c1-2-3-4-8-11-17-14-18(17)12-9-6-5-7-10-13-20(23)24-16-19(22)15-21/h17-19,21-22H,2-16H2,1H3/t17-,18+,19+/m1/s1. The first-order valence-electron chi connectivity index (χ1n) is 10.1. The highest BCUT2D eigenvalue weighted by molar-refractivity contribution is 5.69. The summed E-state index contributed by atoms with van der Waals surface area (Å²) in [6.07, 6.45) is 15.1. The lowest BCUT2D eigenvalue weighted by atomic mass is 10.0. The van der Waals surface area contributed by atoms with Crippen molar-refractivity contribution < 1.29 is 19.7 Å². The fourth-order valence-corrected chi connectivity index (χ4v) is 3.37. The molecular formula is C20H38O4. The minimum absolute atomic E-state index is 0.101. The van der Waals surface area contributed by atoms with Gasteiger partial charge >= 0.3 is 5.97 Å². The second-order valence-corrected chi connectivity index (χ2v) is 7.43. The predicted molar refractivity (Wildman–Crippen MR) is 96.7 cm³/mol. The zero-order valence-electron chi connectivity index (χ0n) is 15.5. The van der Waals surface area contributed by atoms with Crippen molar-refractivity contribution >= 4 is 5.97 Å². The molecule has 0 bridgehead atoms. The highest BCUT2D eigenvalue weighted by Crippen LogP contribution is 2.45. The van der Waals surface area contributed by atoms with E-state index in [9.17, 15) is 4.79 Å². The summed E-state index contributed by atoms with van der Waals surface area (Å²) in [5, 5.41) is 17.7. The summed E-state index contributed by atoms with van der Waals surface area (Å²) >= 11 is 0. The van der Waals surface area contributed by atoms with Crippen LogP contribution in [0.25, 0.3) is 0 Å². The number of aliphatic hydroxyl groups is 2. The fraction of sp³-hybridized carbons (Fsp3) is 0.950. The van der Waals surface area contributed by atoms with Gasteiger partial charge in [0.2, 0.25) is 0 Å². The van der Waals surface area contributed by atoms with Crippen molar-refractivity contribution in [2.24, 2.45) is 11.8 Å². The quantitative estimate of drug-likeness (QED) is 0.325. The van der Waals surface area contributed by atoms with Crippen LogP contribution in [0.2, 0.25) is 0 Å². The first kappa shape index (κ1) is 21.4. The lowest BCUT2D eigenvalue weighted by Gasteiger charge is -2.08. The summed E-state index contributed by atoms with van der Waals surface area (Å²) in [5.41, 5.74) is 0. The van der Waals surface area contributed by atoms with Crippen LogP contribution in [0.5, 0.6) is 0 Å². The molecular weight excluding hydrogens is 304 g/mol. The molecule has 0 radical (unpaired) electrons. The van der Waals surface area contributed by atoms with Gasteiger partial charge in [0.1, 0.15) is 12.7 Å². The van der Waals surface area contributed by atoms with E-state index >= 15 is 0 Å². The van der Waals surface area contributed by atoms with Gasteiger partial charge in [-0.3, -0.25) is 4.79 Å². The molecule has 0 unspecified atom stereocenters. The van der Waals surface area contributed by atoms with Crippen LogP contribution in [0.1, 0.15) is 90.4 Å². The molecule has 2 N–H and O–H groups in total. The monoisotopic (exact) mass is 342 g/mol. The van der Waals surface area contributed by atoms with Crippen LogP contribution in [0.3, 0.4) is 0 Å². The molecule has 3 atom stereocenters. The van der Waals surface area contributed by atoms with Crippen LogP contribution in [0.15, 0.2) is 0 Å². The van der Waals surface area contributed by atoms with E-state index < -0.39 is 6.10 Å². The van der Waals surface area contributed by atoms with E-state index in [1.807, 2.05) is 0 Å². The second kappa shape index (κ2) is 13.7. The first-order chi connectivity index (χ1) is 11.7. The number of rotatable bonds is 16. The smallest absolute Gasteiger partial charge is 0.305 e. The Morgan fingerprint density at radius 1 is 1.00 bits per heavy atom. The maximum atomic E-state index is 11.4. The van der Waals surface area contributed by atoms with Gasteiger partial charge in [0.05, 0.1) is 6.61 Å². The summed E-state index contributed by atoms with van der Waals surface area (Å²) in [5.74, 6) is 1.77. The molecule has 0 aromatic carbocycles. The number of carbonyl (C=O) groups excluding carboxylic acids is 1. The van der Waals surface area contributed by atoms with Crippen LogP contribution < -0.4 is 0 Å². The zero-order chi connectivity index (χ0) is 17.6. The van der Waals surface area contributed by atoms with Gasteiger partial charge in [-0.25, -0.2) is 0 Å². The third-order valence-electron chi connectivity index (χ3n) is 5.10.